The quantitative estimate of drug-likeness (QED) is 0.414. The van der Waals surface area contributed by atoms with Crippen molar-refractivity contribution < 1.29 is 13.7 Å². The number of carbonyl (C=O) groups is 1. The van der Waals surface area contributed by atoms with Gasteiger partial charge in [0.2, 0.25) is 0 Å². The van der Waals surface area contributed by atoms with Crippen LogP contribution in [0.25, 0.3) is 0 Å². The van der Waals surface area contributed by atoms with Crippen LogP contribution in [-0.2, 0) is 10.8 Å². The molecule has 8 heteroatoms. The minimum absolute atomic E-state index is 0.233. The lowest BCUT2D eigenvalue weighted by Gasteiger charge is -2.18. The van der Waals surface area contributed by atoms with Crippen molar-refractivity contribution in [2.75, 3.05) is 50.5 Å². The summed E-state index contributed by atoms with van der Waals surface area (Å²) in [6.07, 6.45) is 3.24. The molecule has 1 aromatic rings. The van der Waals surface area contributed by atoms with Crippen LogP contribution in [0.3, 0.4) is 0 Å². The van der Waals surface area contributed by atoms with E-state index in [2.05, 4.69) is 24.1 Å². The summed E-state index contributed by atoms with van der Waals surface area (Å²) in [7, 11) is -0.803. The normalized spacial score (nSPS) is 12.2. The van der Waals surface area contributed by atoms with Gasteiger partial charge in [0.1, 0.15) is 5.75 Å². The predicted octanol–water partition coefficient (Wildman–Crippen LogP) is 2.53. The topological polar surface area (TPSA) is 84.7 Å². The maximum absolute atomic E-state index is 12.5. The SMILES string of the molecule is CCN(CC)CCNC(=O)c1cc(Cl)c(N)cc1OCCCCS(C)=O. The number of ether oxygens (including phenoxy) is 1. The number of nitrogens with one attached hydrogen (secondary N) is 1. The van der Waals surface area contributed by atoms with Crippen LogP contribution < -0.4 is 15.8 Å². The van der Waals surface area contributed by atoms with Gasteiger partial charge in [0.05, 0.1) is 22.9 Å². The van der Waals surface area contributed by atoms with E-state index in [4.69, 9.17) is 22.1 Å². The van der Waals surface area contributed by atoms with Gasteiger partial charge in [0, 0.05) is 42.0 Å². The molecule has 0 heterocycles. The molecule has 0 bridgehead atoms. The van der Waals surface area contributed by atoms with Crippen LogP contribution >= 0.6 is 11.6 Å². The lowest BCUT2D eigenvalue weighted by Crippen LogP contribution is -2.35. The molecule has 148 valence electrons. The molecule has 3 N–H and O–H groups in total. The zero-order valence-corrected chi connectivity index (χ0v) is 17.4. The molecule has 0 aliphatic heterocycles. The summed E-state index contributed by atoms with van der Waals surface area (Å²) in [6, 6.07) is 3.12. The first-order valence-corrected chi connectivity index (χ1v) is 11.0. The van der Waals surface area contributed by atoms with E-state index >= 15 is 0 Å². The van der Waals surface area contributed by atoms with Gasteiger partial charge in [-0.15, -0.1) is 0 Å². The van der Waals surface area contributed by atoms with E-state index in [1.54, 1.807) is 18.4 Å². The molecule has 6 nitrogen and oxygen atoms in total. The molecule has 0 radical (unpaired) electrons. The second kappa shape index (κ2) is 12.1. The van der Waals surface area contributed by atoms with E-state index in [1.807, 2.05) is 0 Å². The Morgan fingerprint density at radius 2 is 2.00 bits per heavy atom. The van der Waals surface area contributed by atoms with Crippen molar-refractivity contribution in [3.8, 4) is 5.75 Å². The Balaban J connectivity index is 2.68. The van der Waals surface area contributed by atoms with Gasteiger partial charge in [0.25, 0.3) is 5.91 Å². The van der Waals surface area contributed by atoms with Crippen LogP contribution in [0.15, 0.2) is 12.1 Å². The van der Waals surface area contributed by atoms with Crippen molar-refractivity contribution in [2.24, 2.45) is 0 Å². The second-order valence-corrected chi connectivity index (χ2v) is 7.95. The zero-order chi connectivity index (χ0) is 19.5. The first-order valence-electron chi connectivity index (χ1n) is 8.91. The second-order valence-electron chi connectivity index (χ2n) is 5.99. The largest absolute Gasteiger partial charge is 0.493 e. The Morgan fingerprint density at radius 1 is 1.31 bits per heavy atom. The number of hydrogen-bond donors (Lipinski definition) is 2. The number of nitrogens with two attached hydrogens (primary N) is 1. The average molecular weight is 404 g/mol. The molecule has 0 spiro atoms. The number of nitrogens with zero attached hydrogens (tertiary/aromatic N) is 1. The number of rotatable bonds is 12. The standard InChI is InChI=1S/C18H30ClN3O3S/c1-4-22(5-2)9-8-21-18(23)14-12-15(19)16(20)13-17(14)25-10-6-7-11-26(3)24/h12-13H,4-11,20H2,1-3H3,(H,21,23). The molecule has 1 amide bonds. The fraction of sp³-hybridized carbons (Fsp3) is 0.611. The fourth-order valence-electron chi connectivity index (χ4n) is 2.42. The first-order chi connectivity index (χ1) is 12.4. The van der Waals surface area contributed by atoms with E-state index in [-0.39, 0.29) is 5.91 Å². The maximum atomic E-state index is 12.5. The third-order valence-electron chi connectivity index (χ3n) is 4.04. The Hall–Kier alpha value is -1.31. The summed E-state index contributed by atoms with van der Waals surface area (Å²) in [6.45, 7) is 7.82. The third kappa shape index (κ3) is 7.93. The van der Waals surface area contributed by atoms with Crippen molar-refractivity contribution >= 4 is 34.0 Å². The Bertz CT molecular complexity index is 610. The van der Waals surface area contributed by atoms with Crippen LogP contribution in [0.5, 0.6) is 5.75 Å². The number of amides is 1. The van der Waals surface area contributed by atoms with Crippen molar-refractivity contribution in [3.05, 3.63) is 22.7 Å². The molecule has 0 saturated carbocycles. The highest BCUT2D eigenvalue weighted by molar-refractivity contribution is 7.84. The van der Waals surface area contributed by atoms with Crippen molar-refractivity contribution in [1.29, 1.82) is 0 Å². The number of anilines is 1. The molecular weight excluding hydrogens is 374 g/mol. The number of halogens is 1. The molecule has 1 unspecified atom stereocenters. The maximum Gasteiger partial charge on any atom is 0.255 e. The van der Waals surface area contributed by atoms with Crippen LogP contribution in [0.4, 0.5) is 5.69 Å². The van der Waals surface area contributed by atoms with Gasteiger partial charge in [-0.1, -0.05) is 25.4 Å². The Labute approximate surface area is 163 Å². The van der Waals surface area contributed by atoms with Crippen LogP contribution in [-0.4, -0.2) is 59.8 Å². The average Bonchev–Trinajstić information content (AvgIpc) is 2.60. The first kappa shape index (κ1) is 22.7. The Kier molecular flexibility index (Phi) is 10.6. The van der Waals surface area contributed by atoms with Gasteiger partial charge in [0.15, 0.2) is 0 Å². The number of unbranched alkanes of at least 4 members (excludes halogenated alkanes) is 1. The molecule has 0 aliphatic carbocycles. The van der Waals surface area contributed by atoms with Crippen molar-refractivity contribution in [2.45, 2.75) is 26.7 Å². The summed E-state index contributed by atoms with van der Waals surface area (Å²) >= 11 is 6.08. The molecule has 0 aromatic heterocycles. The molecule has 26 heavy (non-hydrogen) atoms. The molecule has 1 atom stereocenters. The summed E-state index contributed by atoms with van der Waals surface area (Å²) in [4.78, 5) is 14.7. The molecule has 0 saturated heterocycles. The number of hydrogen-bond acceptors (Lipinski definition) is 5. The molecular formula is C18H30ClN3O3S. The summed E-state index contributed by atoms with van der Waals surface area (Å²) in [5, 5.41) is 3.23. The van der Waals surface area contributed by atoms with Gasteiger partial charge in [-0.25, -0.2) is 0 Å². The number of carbonyl (C=O) groups excluding carboxylic acids is 1. The van der Waals surface area contributed by atoms with Gasteiger partial charge in [-0.3, -0.25) is 9.00 Å². The van der Waals surface area contributed by atoms with Gasteiger partial charge < -0.3 is 20.7 Å². The summed E-state index contributed by atoms with van der Waals surface area (Å²) in [5.41, 5.74) is 6.59. The number of likely N-dealkylation sites (N-methyl/N-ethyl adjacent to an activating group) is 1. The Morgan fingerprint density at radius 3 is 2.62 bits per heavy atom. The van der Waals surface area contributed by atoms with E-state index in [9.17, 15) is 9.00 Å². The minimum atomic E-state index is -0.803. The summed E-state index contributed by atoms with van der Waals surface area (Å²) in [5.74, 6) is 0.832. The zero-order valence-electron chi connectivity index (χ0n) is 15.8. The van der Waals surface area contributed by atoms with Crippen LogP contribution in [0.1, 0.15) is 37.0 Å². The van der Waals surface area contributed by atoms with Crippen LogP contribution in [0.2, 0.25) is 5.02 Å². The molecule has 0 aliphatic rings. The van der Waals surface area contributed by atoms with E-state index in [0.29, 0.717) is 40.9 Å². The molecule has 0 fully saturated rings. The fourth-order valence-corrected chi connectivity index (χ4v) is 3.19. The van der Waals surface area contributed by atoms with Crippen LogP contribution in [0, 0.1) is 0 Å². The number of benzene rings is 1. The molecule has 1 aromatic carbocycles. The van der Waals surface area contributed by atoms with E-state index in [0.717, 1.165) is 32.5 Å². The smallest absolute Gasteiger partial charge is 0.255 e. The predicted molar refractivity (Wildman–Crippen MR) is 110 cm³/mol. The highest BCUT2D eigenvalue weighted by Gasteiger charge is 2.15. The van der Waals surface area contributed by atoms with Gasteiger partial charge in [-0.2, -0.15) is 0 Å². The summed E-state index contributed by atoms with van der Waals surface area (Å²) < 4.78 is 16.8. The van der Waals surface area contributed by atoms with Crippen molar-refractivity contribution in [1.82, 2.24) is 10.2 Å². The number of nitrogen functional groups attached to an aromatic ring is 1. The third-order valence-corrected chi connectivity index (χ3v) is 5.23. The van der Waals surface area contributed by atoms with Gasteiger partial charge >= 0.3 is 0 Å². The lowest BCUT2D eigenvalue weighted by atomic mass is 10.1. The minimum Gasteiger partial charge on any atom is -0.493 e. The van der Waals surface area contributed by atoms with Crippen molar-refractivity contribution in [3.63, 3.8) is 0 Å². The van der Waals surface area contributed by atoms with E-state index < -0.39 is 10.8 Å². The lowest BCUT2D eigenvalue weighted by molar-refractivity contribution is 0.0945. The highest BCUT2D eigenvalue weighted by Crippen LogP contribution is 2.29. The van der Waals surface area contributed by atoms with E-state index in [1.165, 1.54) is 0 Å². The monoisotopic (exact) mass is 403 g/mol. The highest BCUT2D eigenvalue weighted by atomic mass is 35.5. The van der Waals surface area contributed by atoms with Gasteiger partial charge in [-0.05, 0) is 32.0 Å². The molecule has 1 rings (SSSR count).